The number of likely N-dealkylation sites (tertiary alicyclic amines) is 1. The van der Waals surface area contributed by atoms with Crippen LogP contribution in [0.2, 0.25) is 0 Å². The minimum absolute atomic E-state index is 0.108. The molecule has 2 aromatic rings. The first kappa shape index (κ1) is 15.1. The summed E-state index contributed by atoms with van der Waals surface area (Å²) < 4.78 is 21.9. The number of fused-ring (bicyclic) bond motifs is 3. The lowest BCUT2D eigenvalue weighted by molar-refractivity contribution is -0.144. The van der Waals surface area contributed by atoms with Crippen LogP contribution in [-0.2, 0) is 24.2 Å². The molecule has 1 amide bonds. The molecule has 1 fully saturated rings. The van der Waals surface area contributed by atoms with Gasteiger partial charge in [-0.1, -0.05) is 0 Å². The zero-order chi connectivity index (χ0) is 17.1. The molecule has 3 heterocycles. The second-order valence-electron chi connectivity index (χ2n) is 6.73. The van der Waals surface area contributed by atoms with E-state index in [1.807, 2.05) is 13.1 Å². The molecule has 7 heteroatoms. The number of furan rings is 1. The standard InChI is InChI=1S/C17H18FN3O3/c1-10-14(6-22)24-13-4-3-12-5-21(19-16(12)15(10)13)9-17(18)7-20(8-17)11(2)23/h5-6H,3-4,7-9H2,1-2H3. The highest BCUT2D eigenvalue weighted by Crippen LogP contribution is 2.38. The predicted octanol–water partition coefficient (Wildman–Crippen LogP) is 1.93. The molecule has 126 valence electrons. The summed E-state index contributed by atoms with van der Waals surface area (Å²) in [6, 6.07) is 0. The molecule has 2 aromatic heterocycles. The summed E-state index contributed by atoms with van der Waals surface area (Å²) in [6.45, 7) is 3.63. The number of nitrogens with zero attached hydrogens (tertiary/aromatic N) is 3. The maximum absolute atomic E-state index is 14.7. The zero-order valence-corrected chi connectivity index (χ0v) is 13.6. The quantitative estimate of drug-likeness (QED) is 0.806. The highest BCUT2D eigenvalue weighted by molar-refractivity contribution is 5.82. The van der Waals surface area contributed by atoms with Crippen molar-refractivity contribution >= 4 is 12.2 Å². The molecule has 0 N–H and O–H groups in total. The average molecular weight is 331 g/mol. The van der Waals surface area contributed by atoms with Crippen LogP contribution in [0.5, 0.6) is 0 Å². The minimum atomic E-state index is -1.43. The molecule has 0 aromatic carbocycles. The summed E-state index contributed by atoms with van der Waals surface area (Å²) in [6.07, 6.45) is 4.04. The van der Waals surface area contributed by atoms with E-state index in [2.05, 4.69) is 5.10 Å². The third-order valence-corrected chi connectivity index (χ3v) is 4.90. The second kappa shape index (κ2) is 5.03. The normalized spacial score (nSPS) is 17.9. The fourth-order valence-corrected chi connectivity index (χ4v) is 3.63. The molecule has 0 spiro atoms. The van der Waals surface area contributed by atoms with Gasteiger partial charge in [-0.15, -0.1) is 0 Å². The highest BCUT2D eigenvalue weighted by Gasteiger charge is 2.45. The van der Waals surface area contributed by atoms with Crippen molar-refractivity contribution in [2.45, 2.75) is 38.9 Å². The zero-order valence-electron chi connectivity index (χ0n) is 13.6. The molecule has 0 bridgehead atoms. The van der Waals surface area contributed by atoms with E-state index >= 15 is 0 Å². The number of hydrogen-bond donors (Lipinski definition) is 0. The summed E-state index contributed by atoms with van der Waals surface area (Å²) in [4.78, 5) is 23.8. The lowest BCUT2D eigenvalue weighted by Gasteiger charge is -2.43. The third-order valence-electron chi connectivity index (χ3n) is 4.90. The van der Waals surface area contributed by atoms with Crippen LogP contribution in [0.3, 0.4) is 0 Å². The number of aryl methyl sites for hydroxylation is 2. The Balaban J connectivity index is 1.62. The predicted molar refractivity (Wildman–Crippen MR) is 83.6 cm³/mol. The molecule has 0 saturated carbocycles. The Morgan fingerprint density at radius 3 is 2.88 bits per heavy atom. The first-order valence-corrected chi connectivity index (χ1v) is 7.99. The van der Waals surface area contributed by atoms with Crippen LogP contribution >= 0.6 is 0 Å². The van der Waals surface area contributed by atoms with Gasteiger partial charge < -0.3 is 9.32 Å². The van der Waals surface area contributed by atoms with Crippen molar-refractivity contribution in [3.63, 3.8) is 0 Å². The van der Waals surface area contributed by atoms with Gasteiger partial charge in [0.2, 0.25) is 5.91 Å². The van der Waals surface area contributed by atoms with Crippen molar-refractivity contribution in [3.8, 4) is 11.3 Å². The highest BCUT2D eigenvalue weighted by atomic mass is 19.1. The average Bonchev–Trinajstić information content (AvgIpc) is 3.04. The molecule has 1 saturated heterocycles. The van der Waals surface area contributed by atoms with E-state index in [1.54, 1.807) is 4.68 Å². The molecule has 1 aliphatic heterocycles. The molecule has 2 aliphatic rings. The molecular formula is C17H18FN3O3. The van der Waals surface area contributed by atoms with Gasteiger partial charge in [0.05, 0.1) is 25.3 Å². The number of halogens is 1. The van der Waals surface area contributed by atoms with Crippen molar-refractivity contribution in [1.29, 1.82) is 0 Å². The van der Waals surface area contributed by atoms with Crippen molar-refractivity contribution in [1.82, 2.24) is 14.7 Å². The third kappa shape index (κ3) is 2.18. The fraction of sp³-hybridized carbons (Fsp3) is 0.471. The smallest absolute Gasteiger partial charge is 0.219 e. The number of rotatable bonds is 3. The monoisotopic (exact) mass is 331 g/mol. The maximum Gasteiger partial charge on any atom is 0.219 e. The van der Waals surface area contributed by atoms with Gasteiger partial charge in [-0.2, -0.15) is 5.10 Å². The Labute approximate surface area is 138 Å². The van der Waals surface area contributed by atoms with Crippen LogP contribution in [0.1, 0.15) is 34.4 Å². The van der Waals surface area contributed by atoms with Gasteiger partial charge in [-0.3, -0.25) is 14.3 Å². The molecule has 0 atom stereocenters. The summed E-state index contributed by atoms with van der Waals surface area (Å²) in [5.41, 5.74) is 2.03. The van der Waals surface area contributed by atoms with Gasteiger partial charge in [0.15, 0.2) is 17.7 Å². The largest absolute Gasteiger partial charge is 0.457 e. The van der Waals surface area contributed by atoms with Crippen molar-refractivity contribution < 1.29 is 18.4 Å². The van der Waals surface area contributed by atoms with Crippen LogP contribution in [0.15, 0.2) is 10.6 Å². The van der Waals surface area contributed by atoms with Gasteiger partial charge in [-0.05, 0) is 18.9 Å². The second-order valence-corrected chi connectivity index (χ2v) is 6.73. The van der Waals surface area contributed by atoms with Gasteiger partial charge >= 0.3 is 0 Å². The van der Waals surface area contributed by atoms with E-state index < -0.39 is 5.67 Å². The number of hydrogen-bond acceptors (Lipinski definition) is 4. The summed E-state index contributed by atoms with van der Waals surface area (Å²) in [5, 5.41) is 4.53. The Bertz CT molecular complexity index is 846. The van der Waals surface area contributed by atoms with E-state index in [1.165, 1.54) is 11.8 Å². The van der Waals surface area contributed by atoms with Crippen molar-refractivity contribution in [2.75, 3.05) is 13.1 Å². The molecule has 0 radical (unpaired) electrons. The summed E-state index contributed by atoms with van der Waals surface area (Å²) >= 11 is 0. The van der Waals surface area contributed by atoms with E-state index in [0.29, 0.717) is 18.5 Å². The number of aldehydes is 1. The lowest BCUT2D eigenvalue weighted by Crippen LogP contribution is -2.62. The molecular weight excluding hydrogens is 313 g/mol. The Morgan fingerprint density at radius 1 is 1.46 bits per heavy atom. The van der Waals surface area contributed by atoms with E-state index in [-0.39, 0.29) is 25.5 Å². The van der Waals surface area contributed by atoms with Crippen molar-refractivity contribution in [3.05, 3.63) is 28.8 Å². The minimum Gasteiger partial charge on any atom is -0.457 e. The van der Waals surface area contributed by atoms with E-state index in [4.69, 9.17) is 4.42 Å². The number of carbonyl (C=O) groups excluding carboxylic acids is 2. The first-order chi connectivity index (χ1) is 11.4. The van der Waals surface area contributed by atoms with E-state index in [0.717, 1.165) is 34.6 Å². The number of alkyl halides is 1. The fourth-order valence-electron chi connectivity index (χ4n) is 3.63. The SMILES string of the molecule is CC(=O)N1CC(F)(Cn2cc3c(n2)-c2c(oc(C=O)c2C)CC3)C1. The van der Waals surface area contributed by atoms with Crippen molar-refractivity contribution in [2.24, 2.45) is 0 Å². The molecule has 0 unspecified atom stereocenters. The van der Waals surface area contributed by atoms with Crippen LogP contribution in [0.4, 0.5) is 4.39 Å². The van der Waals surface area contributed by atoms with Crippen LogP contribution in [0.25, 0.3) is 11.3 Å². The topological polar surface area (TPSA) is 68.3 Å². The van der Waals surface area contributed by atoms with Crippen LogP contribution in [-0.4, -0.2) is 45.6 Å². The van der Waals surface area contributed by atoms with E-state index in [9.17, 15) is 14.0 Å². The lowest BCUT2D eigenvalue weighted by atomic mass is 9.94. The maximum atomic E-state index is 14.7. The van der Waals surface area contributed by atoms with Gasteiger partial charge in [0, 0.05) is 30.7 Å². The molecule has 24 heavy (non-hydrogen) atoms. The van der Waals surface area contributed by atoms with Gasteiger partial charge in [-0.25, -0.2) is 4.39 Å². The van der Waals surface area contributed by atoms with Gasteiger partial charge in [0.25, 0.3) is 0 Å². The Morgan fingerprint density at radius 2 is 2.21 bits per heavy atom. The first-order valence-electron chi connectivity index (χ1n) is 7.99. The number of aromatic nitrogens is 2. The summed E-state index contributed by atoms with van der Waals surface area (Å²) in [5.74, 6) is 0.997. The molecule has 6 nitrogen and oxygen atoms in total. The molecule has 1 aliphatic carbocycles. The Kier molecular flexibility index (Phi) is 3.16. The summed E-state index contributed by atoms with van der Waals surface area (Å²) in [7, 11) is 0. The van der Waals surface area contributed by atoms with Crippen LogP contribution < -0.4 is 0 Å². The Hall–Kier alpha value is -2.44. The van der Waals surface area contributed by atoms with Crippen LogP contribution in [0, 0.1) is 6.92 Å². The number of carbonyl (C=O) groups is 2. The van der Waals surface area contributed by atoms with Gasteiger partial charge in [0.1, 0.15) is 5.76 Å². The molecule has 4 rings (SSSR count). The number of amides is 1.